The highest BCUT2D eigenvalue weighted by Crippen LogP contribution is 2.44. The molecule has 2 saturated carbocycles. The van der Waals surface area contributed by atoms with E-state index < -0.39 is 11.6 Å². The minimum Gasteiger partial charge on any atom is -0.481 e. The molecule has 0 atom stereocenters. The first-order chi connectivity index (χ1) is 13.9. The quantitative estimate of drug-likeness (QED) is 0.601. The Bertz CT molecular complexity index is 1020. The summed E-state index contributed by atoms with van der Waals surface area (Å²) in [5, 5.41) is 28.0. The lowest BCUT2D eigenvalue weighted by atomic mass is 9.77. The lowest BCUT2D eigenvalue weighted by Gasteiger charge is -2.38. The highest BCUT2D eigenvalue weighted by molar-refractivity contribution is 5.98. The van der Waals surface area contributed by atoms with E-state index in [1.807, 2.05) is 30.8 Å². The van der Waals surface area contributed by atoms with E-state index in [9.17, 15) is 15.0 Å². The molecule has 0 radical (unpaired) electrons. The van der Waals surface area contributed by atoms with E-state index in [4.69, 9.17) is 4.84 Å². The lowest BCUT2D eigenvalue weighted by Crippen LogP contribution is -2.47. The first kappa shape index (κ1) is 18.4. The van der Waals surface area contributed by atoms with Gasteiger partial charge in [0.1, 0.15) is 5.60 Å². The number of aryl methyl sites for hydroxylation is 2. The van der Waals surface area contributed by atoms with Gasteiger partial charge in [-0.3, -0.25) is 15.1 Å². The van der Waals surface area contributed by atoms with Gasteiger partial charge in [0.05, 0.1) is 34.5 Å². The molecular formula is C20H25N5O4. The zero-order chi connectivity index (χ0) is 20.3. The molecule has 0 saturated heterocycles. The van der Waals surface area contributed by atoms with Gasteiger partial charge in [-0.25, -0.2) is 9.67 Å². The van der Waals surface area contributed by atoms with Gasteiger partial charge in [0, 0.05) is 37.2 Å². The number of nitrogens with one attached hydrogen (secondary N) is 2. The molecule has 154 valence electrons. The maximum atomic E-state index is 11.2. The maximum Gasteiger partial charge on any atom is 0.306 e. The molecule has 2 aliphatic carbocycles. The zero-order valence-corrected chi connectivity index (χ0v) is 16.5. The number of aliphatic hydroxyl groups excluding tert-OH is 1. The summed E-state index contributed by atoms with van der Waals surface area (Å²) in [6, 6.07) is 0.0900. The highest BCUT2D eigenvalue weighted by atomic mass is 16.7. The van der Waals surface area contributed by atoms with Crippen molar-refractivity contribution < 1.29 is 19.8 Å². The molecule has 3 aliphatic rings. The third-order valence-electron chi connectivity index (χ3n) is 6.30. The maximum absolute atomic E-state index is 11.2. The predicted octanol–water partition coefficient (Wildman–Crippen LogP) is 1.80. The van der Waals surface area contributed by atoms with Crippen LogP contribution < -0.4 is 10.8 Å². The summed E-state index contributed by atoms with van der Waals surface area (Å²) in [7, 11) is 0. The number of hydroxylamine groups is 1. The highest BCUT2D eigenvalue weighted by Gasteiger charge is 2.47. The fourth-order valence-electron chi connectivity index (χ4n) is 4.58. The molecule has 3 heterocycles. The van der Waals surface area contributed by atoms with Gasteiger partial charge in [-0.1, -0.05) is 0 Å². The molecule has 9 heteroatoms. The molecule has 4 N–H and O–H groups in total. The molecule has 0 bridgehead atoms. The molecule has 0 unspecified atom stereocenters. The Morgan fingerprint density at radius 1 is 1.45 bits per heavy atom. The summed E-state index contributed by atoms with van der Waals surface area (Å²) in [5.74, 6) is -1.03. The number of fused-ring (bicyclic) bond motifs is 1. The van der Waals surface area contributed by atoms with Crippen LogP contribution in [0.25, 0.3) is 16.7 Å². The van der Waals surface area contributed by atoms with Gasteiger partial charge < -0.3 is 15.5 Å². The van der Waals surface area contributed by atoms with Crippen molar-refractivity contribution in [2.24, 2.45) is 5.92 Å². The normalized spacial score (nSPS) is 30.6. The van der Waals surface area contributed by atoms with E-state index in [1.54, 1.807) is 0 Å². The fourth-order valence-corrected chi connectivity index (χ4v) is 4.58. The van der Waals surface area contributed by atoms with E-state index in [0.717, 1.165) is 33.7 Å². The van der Waals surface area contributed by atoms with E-state index in [1.165, 1.54) is 0 Å². The first-order valence-electron chi connectivity index (χ1n) is 10.1. The lowest BCUT2D eigenvalue weighted by molar-refractivity contribution is -0.144. The summed E-state index contributed by atoms with van der Waals surface area (Å²) >= 11 is 0. The van der Waals surface area contributed by atoms with E-state index in [-0.39, 0.29) is 18.1 Å². The van der Waals surface area contributed by atoms with Gasteiger partial charge in [0.25, 0.3) is 0 Å². The van der Waals surface area contributed by atoms with Crippen LogP contribution in [0, 0.1) is 12.8 Å². The minimum absolute atomic E-state index is 0.0900. The fraction of sp³-hybridized carbons (Fsp3) is 0.550. The van der Waals surface area contributed by atoms with Crippen molar-refractivity contribution in [2.75, 3.05) is 5.32 Å². The molecule has 9 nitrogen and oxygen atoms in total. The molecule has 2 aromatic heterocycles. The molecule has 1 aliphatic heterocycles. The summed E-state index contributed by atoms with van der Waals surface area (Å²) in [6.45, 7) is 4.70. The van der Waals surface area contributed by atoms with Crippen LogP contribution in [0.3, 0.4) is 0 Å². The Morgan fingerprint density at radius 2 is 2.21 bits per heavy atom. The van der Waals surface area contributed by atoms with Gasteiger partial charge in [0.2, 0.25) is 0 Å². The average molecular weight is 399 g/mol. The Balaban J connectivity index is 1.55. The van der Waals surface area contributed by atoms with Gasteiger partial charge in [-0.05, 0) is 32.8 Å². The Kier molecular flexibility index (Phi) is 4.08. The Morgan fingerprint density at radius 3 is 2.86 bits per heavy atom. The van der Waals surface area contributed by atoms with Crippen molar-refractivity contribution in [3.8, 4) is 0 Å². The van der Waals surface area contributed by atoms with Gasteiger partial charge >= 0.3 is 5.97 Å². The predicted molar refractivity (Wildman–Crippen MR) is 106 cm³/mol. The van der Waals surface area contributed by atoms with Crippen LogP contribution in [0.2, 0.25) is 0 Å². The summed E-state index contributed by atoms with van der Waals surface area (Å²) in [5.41, 5.74) is 6.82. The molecule has 2 fully saturated rings. The number of carbonyl (C=O) groups is 1. The molecular weight excluding hydrogens is 374 g/mol. The molecule has 29 heavy (non-hydrogen) atoms. The topological polar surface area (TPSA) is 122 Å². The standard InChI is InChI=1S/C20H25N5O4/c1-3-25-18-16(10(2)23-25)17(22-12-4-11(5-12)19(27)28)14(9-21-18)15-8-20(29-24-15)6-13(26)7-20/h8-9,11-13,24,26H,3-7H2,1-2H3,(H,21,22)(H,27,28). The van der Waals surface area contributed by atoms with Gasteiger partial charge in [0.15, 0.2) is 5.65 Å². The molecule has 5 rings (SSSR count). The number of carboxylic acid groups (broad SMARTS) is 1. The minimum atomic E-state index is -0.739. The van der Waals surface area contributed by atoms with Crippen molar-refractivity contribution >= 4 is 28.4 Å². The number of aromatic nitrogens is 3. The summed E-state index contributed by atoms with van der Waals surface area (Å²) in [6.07, 6.45) is 5.82. The molecule has 0 aromatic carbocycles. The number of nitrogens with zero attached hydrogens (tertiary/aromatic N) is 3. The number of hydrogen-bond donors (Lipinski definition) is 4. The van der Waals surface area contributed by atoms with E-state index in [0.29, 0.717) is 32.2 Å². The second-order valence-electron chi connectivity index (χ2n) is 8.38. The van der Waals surface area contributed by atoms with E-state index in [2.05, 4.69) is 20.9 Å². The van der Waals surface area contributed by atoms with Crippen LogP contribution in [0.5, 0.6) is 0 Å². The number of rotatable bonds is 5. The zero-order valence-electron chi connectivity index (χ0n) is 16.5. The SMILES string of the molecule is CCn1nc(C)c2c(NC3CC(C(=O)O)C3)c(C3=CC4(CC(O)C4)ON3)cnc21. The van der Waals surface area contributed by atoms with Crippen molar-refractivity contribution in [1.82, 2.24) is 20.2 Å². The number of carboxylic acids is 1. The van der Waals surface area contributed by atoms with E-state index >= 15 is 0 Å². The van der Waals surface area contributed by atoms with Crippen LogP contribution in [-0.4, -0.2) is 48.7 Å². The molecule has 1 spiro atoms. The third kappa shape index (κ3) is 2.87. The van der Waals surface area contributed by atoms with Crippen LogP contribution in [0.4, 0.5) is 5.69 Å². The number of anilines is 1. The first-order valence-corrected chi connectivity index (χ1v) is 10.1. The second-order valence-corrected chi connectivity index (χ2v) is 8.38. The molecule has 2 aromatic rings. The molecule has 0 amide bonds. The summed E-state index contributed by atoms with van der Waals surface area (Å²) < 4.78 is 1.87. The Hall–Kier alpha value is -2.65. The van der Waals surface area contributed by atoms with Crippen LogP contribution >= 0.6 is 0 Å². The third-order valence-corrected chi connectivity index (χ3v) is 6.30. The average Bonchev–Trinajstić information content (AvgIpc) is 3.19. The van der Waals surface area contributed by atoms with Crippen LogP contribution in [0.1, 0.15) is 43.9 Å². The number of pyridine rings is 1. The van der Waals surface area contributed by atoms with Crippen LogP contribution in [-0.2, 0) is 16.2 Å². The Labute approximate surface area is 167 Å². The van der Waals surface area contributed by atoms with Crippen LogP contribution in [0.15, 0.2) is 12.3 Å². The largest absolute Gasteiger partial charge is 0.481 e. The van der Waals surface area contributed by atoms with Gasteiger partial charge in [-0.15, -0.1) is 0 Å². The van der Waals surface area contributed by atoms with Crippen molar-refractivity contribution in [3.63, 3.8) is 0 Å². The van der Waals surface area contributed by atoms with Crippen molar-refractivity contribution in [3.05, 3.63) is 23.5 Å². The second kappa shape index (κ2) is 6.43. The summed E-state index contributed by atoms with van der Waals surface area (Å²) in [4.78, 5) is 21.6. The van der Waals surface area contributed by atoms with Crippen molar-refractivity contribution in [2.45, 2.75) is 63.8 Å². The van der Waals surface area contributed by atoms with Crippen molar-refractivity contribution in [1.29, 1.82) is 0 Å². The van der Waals surface area contributed by atoms with Gasteiger partial charge in [-0.2, -0.15) is 5.10 Å². The monoisotopic (exact) mass is 399 g/mol. The number of aliphatic carboxylic acids is 1. The number of aliphatic hydroxyl groups is 1. The number of hydrogen-bond acceptors (Lipinski definition) is 7. The smallest absolute Gasteiger partial charge is 0.306 e.